The average Bonchev–Trinajstić information content (AvgIpc) is 2.54. The van der Waals surface area contributed by atoms with E-state index < -0.39 is 11.4 Å². The van der Waals surface area contributed by atoms with E-state index >= 15 is 0 Å². The summed E-state index contributed by atoms with van der Waals surface area (Å²) >= 11 is 0. The summed E-state index contributed by atoms with van der Waals surface area (Å²) in [4.78, 5) is 34.4. The molecule has 0 aliphatic heterocycles. The summed E-state index contributed by atoms with van der Waals surface area (Å²) in [6.07, 6.45) is -0.182. The van der Waals surface area contributed by atoms with Gasteiger partial charge in [-0.3, -0.25) is 14.4 Å². The lowest BCUT2D eigenvalue weighted by Gasteiger charge is -2.26. The third kappa shape index (κ3) is 3.68. The minimum Gasteiger partial charge on any atom is -0.480 e. The van der Waals surface area contributed by atoms with Crippen LogP contribution in [0.25, 0.3) is 0 Å². The number of nitrogens with one attached hydrogen (secondary N) is 1. The molecule has 2 aromatic rings. The second kappa shape index (κ2) is 7.08. The summed E-state index contributed by atoms with van der Waals surface area (Å²) in [5.74, 6) is -1.56. The van der Waals surface area contributed by atoms with E-state index in [1.165, 1.54) is 6.92 Å². The zero-order valence-corrected chi connectivity index (χ0v) is 13.6. The van der Waals surface area contributed by atoms with E-state index in [0.717, 1.165) is 0 Å². The maximum absolute atomic E-state index is 11.9. The Morgan fingerprint density at radius 3 is 2.00 bits per heavy atom. The van der Waals surface area contributed by atoms with Crippen molar-refractivity contribution >= 4 is 23.3 Å². The van der Waals surface area contributed by atoms with Crippen LogP contribution in [0.3, 0.4) is 0 Å². The molecular formula is C19H19NO4. The Morgan fingerprint density at radius 1 is 0.958 bits per heavy atom. The van der Waals surface area contributed by atoms with Gasteiger partial charge >= 0.3 is 5.97 Å². The van der Waals surface area contributed by atoms with Gasteiger partial charge in [-0.25, -0.2) is 0 Å². The minimum atomic E-state index is -1.19. The molecule has 5 heteroatoms. The molecule has 0 saturated carbocycles. The third-order valence-electron chi connectivity index (χ3n) is 3.93. The van der Waals surface area contributed by atoms with Crippen LogP contribution in [-0.2, 0) is 19.8 Å². The molecule has 1 amide bonds. The smallest absolute Gasteiger partial charge is 0.318 e. The first-order valence-corrected chi connectivity index (χ1v) is 7.53. The summed E-state index contributed by atoms with van der Waals surface area (Å²) in [6.45, 7) is 2.99. The fraction of sp³-hybridized carbons (Fsp3) is 0.211. The monoisotopic (exact) mass is 325 g/mol. The van der Waals surface area contributed by atoms with Crippen LogP contribution in [-0.4, -0.2) is 22.8 Å². The summed E-state index contributed by atoms with van der Waals surface area (Å²) in [7, 11) is 0. The molecule has 0 aliphatic rings. The van der Waals surface area contributed by atoms with Crippen LogP contribution in [0.4, 0.5) is 5.69 Å². The molecule has 0 fully saturated rings. The second-order valence-electron chi connectivity index (χ2n) is 5.80. The minimum absolute atomic E-state index is 0.182. The number of hydrogen-bond acceptors (Lipinski definition) is 3. The molecule has 0 saturated heterocycles. The summed E-state index contributed by atoms with van der Waals surface area (Å²) in [6, 6.07) is 15.6. The molecular weight excluding hydrogens is 306 g/mol. The molecule has 2 rings (SSSR count). The fourth-order valence-corrected chi connectivity index (χ4v) is 2.50. The van der Waals surface area contributed by atoms with Crippen LogP contribution in [0.1, 0.15) is 31.4 Å². The van der Waals surface area contributed by atoms with Crippen LogP contribution in [0.15, 0.2) is 54.6 Å². The predicted molar refractivity (Wildman–Crippen MR) is 90.9 cm³/mol. The number of hydrogen-bond donors (Lipinski definition) is 2. The highest BCUT2D eigenvalue weighted by Gasteiger charge is 2.37. The molecule has 0 radical (unpaired) electrons. The van der Waals surface area contributed by atoms with Crippen LogP contribution in [0.2, 0.25) is 0 Å². The highest BCUT2D eigenvalue weighted by Crippen LogP contribution is 2.33. The number of benzene rings is 2. The molecule has 24 heavy (non-hydrogen) atoms. The second-order valence-corrected chi connectivity index (χ2v) is 5.80. The highest BCUT2D eigenvalue weighted by molar-refractivity contribution is 6.03. The van der Waals surface area contributed by atoms with Crippen molar-refractivity contribution < 1.29 is 19.5 Å². The SMILES string of the molecule is CC(=O)CC(=O)Nc1ccc(C(C)(C(=O)O)c2ccccc2)cc1. The summed E-state index contributed by atoms with van der Waals surface area (Å²) < 4.78 is 0. The van der Waals surface area contributed by atoms with Crippen molar-refractivity contribution in [3.8, 4) is 0 Å². The Bertz CT molecular complexity index is 753. The lowest BCUT2D eigenvalue weighted by atomic mass is 9.76. The maximum atomic E-state index is 11.9. The van der Waals surface area contributed by atoms with Gasteiger partial charge in [-0.05, 0) is 37.1 Å². The molecule has 0 aromatic heterocycles. The highest BCUT2D eigenvalue weighted by atomic mass is 16.4. The number of aliphatic carboxylic acids is 1. The lowest BCUT2D eigenvalue weighted by molar-refractivity contribution is -0.141. The van der Waals surface area contributed by atoms with Gasteiger partial charge in [-0.15, -0.1) is 0 Å². The van der Waals surface area contributed by atoms with E-state index in [-0.39, 0.29) is 18.1 Å². The van der Waals surface area contributed by atoms with Gasteiger partial charge in [0.2, 0.25) is 5.91 Å². The molecule has 0 bridgehead atoms. The van der Waals surface area contributed by atoms with Crippen LogP contribution < -0.4 is 5.32 Å². The third-order valence-corrected chi connectivity index (χ3v) is 3.93. The Morgan fingerprint density at radius 2 is 1.50 bits per heavy atom. The first-order valence-electron chi connectivity index (χ1n) is 7.53. The van der Waals surface area contributed by atoms with E-state index in [1.807, 2.05) is 6.07 Å². The number of carboxylic acids is 1. The molecule has 1 atom stereocenters. The van der Waals surface area contributed by atoms with Gasteiger partial charge in [0, 0.05) is 5.69 Å². The molecule has 5 nitrogen and oxygen atoms in total. The van der Waals surface area contributed by atoms with E-state index in [0.29, 0.717) is 16.8 Å². The molecule has 2 aromatic carbocycles. The van der Waals surface area contributed by atoms with Gasteiger partial charge in [0.25, 0.3) is 0 Å². The fourth-order valence-electron chi connectivity index (χ4n) is 2.50. The van der Waals surface area contributed by atoms with Gasteiger partial charge in [0.15, 0.2) is 0 Å². The van der Waals surface area contributed by atoms with E-state index in [2.05, 4.69) is 5.32 Å². The first-order chi connectivity index (χ1) is 11.3. The zero-order chi connectivity index (χ0) is 17.7. The van der Waals surface area contributed by atoms with Crippen molar-refractivity contribution in [1.29, 1.82) is 0 Å². The van der Waals surface area contributed by atoms with Gasteiger partial charge in [0.1, 0.15) is 11.2 Å². The number of ketones is 1. The topological polar surface area (TPSA) is 83.5 Å². The standard InChI is InChI=1S/C19H19NO4/c1-13(21)12-17(22)20-16-10-8-15(9-11-16)19(2,18(23)24)14-6-4-3-5-7-14/h3-11H,12H2,1-2H3,(H,20,22)(H,23,24). The largest absolute Gasteiger partial charge is 0.480 e. The van der Waals surface area contributed by atoms with Gasteiger partial charge in [-0.2, -0.15) is 0 Å². The van der Waals surface area contributed by atoms with Gasteiger partial charge in [-0.1, -0.05) is 42.5 Å². The van der Waals surface area contributed by atoms with Crippen molar-refractivity contribution in [3.63, 3.8) is 0 Å². The lowest BCUT2D eigenvalue weighted by Crippen LogP contribution is -2.33. The van der Waals surface area contributed by atoms with Crippen molar-refractivity contribution in [2.75, 3.05) is 5.32 Å². The van der Waals surface area contributed by atoms with E-state index in [9.17, 15) is 19.5 Å². The number of Topliss-reactive ketones (excluding diaryl/α,β-unsaturated/α-hetero) is 1. The average molecular weight is 325 g/mol. The Kier molecular flexibility index (Phi) is 5.14. The molecule has 1 unspecified atom stereocenters. The molecule has 0 aliphatic carbocycles. The van der Waals surface area contributed by atoms with Gasteiger partial charge in [0.05, 0.1) is 6.42 Å². The molecule has 124 valence electrons. The first kappa shape index (κ1) is 17.4. The van der Waals surface area contributed by atoms with Crippen LogP contribution >= 0.6 is 0 Å². The van der Waals surface area contributed by atoms with Crippen molar-refractivity contribution in [2.24, 2.45) is 0 Å². The van der Waals surface area contributed by atoms with Crippen molar-refractivity contribution in [1.82, 2.24) is 0 Å². The Labute approximate surface area is 140 Å². The maximum Gasteiger partial charge on any atom is 0.318 e. The number of carboxylic acid groups (broad SMARTS) is 1. The normalized spacial score (nSPS) is 12.9. The summed E-state index contributed by atoms with van der Waals surface area (Å²) in [5, 5.41) is 12.4. The Hall–Kier alpha value is -2.95. The number of anilines is 1. The summed E-state index contributed by atoms with van der Waals surface area (Å²) in [5.41, 5.74) is 0.603. The van der Waals surface area contributed by atoms with E-state index in [1.54, 1.807) is 55.5 Å². The van der Waals surface area contributed by atoms with Crippen LogP contribution in [0, 0.1) is 0 Å². The predicted octanol–water partition coefficient (Wildman–Crippen LogP) is 2.99. The molecule has 0 heterocycles. The number of carbonyl (C=O) groups is 3. The molecule has 0 spiro atoms. The van der Waals surface area contributed by atoms with Gasteiger partial charge < -0.3 is 10.4 Å². The van der Waals surface area contributed by atoms with E-state index in [4.69, 9.17) is 0 Å². The quantitative estimate of drug-likeness (QED) is 0.800. The Balaban J connectivity index is 2.29. The number of rotatable bonds is 6. The van der Waals surface area contributed by atoms with Crippen molar-refractivity contribution in [2.45, 2.75) is 25.7 Å². The van der Waals surface area contributed by atoms with Crippen LogP contribution in [0.5, 0.6) is 0 Å². The number of carbonyl (C=O) groups excluding carboxylic acids is 2. The number of amides is 1. The zero-order valence-electron chi connectivity index (χ0n) is 13.6. The molecule has 2 N–H and O–H groups in total. The van der Waals surface area contributed by atoms with Crippen molar-refractivity contribution in [3.05, 3.63) is 65.7 Å².